The quantitative estimate of drug-likeness (QED) is 0.447. The molecule has 6 rings (SSSR count). The zero-order chi connectivity index (χ0) is 27.6. The Bertz CT molecular complexity index is 1420. The molecule has 0 unspecified atom stereocenters. The molecule has 2 aromatic carbocycles. The number of hydrogen-bond donors (Lipinski definition) is 3. The summed E-state index contributed by atoms with van der Waals surface area (Å²) in [4.78, 5) is 41.5. The summed E-state index contributed by atoms with van der Waals surface area (Å²) in [5.41, 5.74) is 3.05. The number of piperazine rings is 1. The Morgan fingerprint density at radius 1 is 1.07 bits per heavy atom. The molecule has 11 nitrogen and oxygen atoms in total. The second-order valence-corrected chi connectivity index (χ2v) is 10.3. The molecule has 4 heterocycles. The highest BCUT2D eigenvalue weighted by Crippen LogP contribution is 2.36. The summed E-state index contributed by atoms with van der Waals surface area (Å²) in [6, 6.07) is 13.3. The Hall–Kier alpha value is -4.22. The average molecular weight is 543 g/mol. The Balaban J connectivity index is 1.17. The van der Waals surface area contributed by atoms with Crippen LogP contribution in [0.3, 0.4) is 0 Å². The molecule has 2 saturated heterocycles. The van der Waals surface area contributed by atoms with Crippen LogP contribution in [0.25, 0.3) is 0 Å². The smallest absolute Gasteiger partial charge is 0.257 e. The third kappa shape index (κ3) is 5.05. The van der Waals surface area contributed by atoms with E-state index in [1.165, 1.54) is 0 Å². The Morgan fingerprint density at radius 3 is 2.62 bits per heavy atom. The topological polar surface area (TPSA) is 115 Å². The molecule has 0 aliphatic carbocycles. The minimum absolute atomic E-state index is 0.0147. The van der Waals surface area contributed by atoms with E-state index in [0.717, 1.165) is 57.8 Å². The van der Waals surface area contributed by atoms with Gasteiger partial charge in [-0.3, -0.25) is 14.5 Å². The van der Waals surface area contributed by atoms with Crippen LogP contribution in [0.4, 0.5) is 28.8 Å². The number of para-hydroxylation sites is 1. The standard InChI is InChI=1S/C29H34N8O3/c1-35-24-6-4-3-5-21(24)27(38)32-23-18-31-29(34-26(23)35)33-22-8-7-19(17-25(22)40-2)28(39)37-13-9-20(10-14-37)36-15-11-30-12-16-36/h3-8,17-18,20,30H,9-16H2,1-2H3,(H,32,38)(H,31,33,34). The van der Waals surface area contributed by atoms with Gasteiger partial charge in [0.2, 0.25) is 5.95 Å². The van der Waals surface area contributed by atoms with Crippen molar-refractivity contribution in [1.29, 1.82) is 0 Å². The molecule has 3 aromatic rings. The molecule has 3 aliphatic heterocycles. The monoisotopic (exact) mass is 542 g/mol. The first-order valence-corrected chi connectivity index (χ1v) is 13.7. The van der Waals surface area contributed by atoms with Crippen molar-refractivity contribution in [3.8, 4) is 5.75 Å². The number of likely N-dealkylation sites (tertiary alicyclic amines) is 1. The lowest BCUT2D eigenvalue weighted by Crippen LogP contribution is -2.52. The number of nitrogens with one attached hydrogen (secondary N) is 3. The number of fused-ring (bicyclic) bond motifs is 2. The first-order chi connectivity index (χ1) is 19.5. The van der Waals surface area contributed by atoms with Gasteiger partial charge in [0.25, 0.3) is 11.8 Å². The van der Waals surface area contributed by atoms with Crippen LogP contribution < -0.4 is 25.6 Å². The Kier molecular flexibility index (Phi) is 7.23. The van der Waals surface area contributed by atoms with Gasteiger partial charge in [-0.2, -0.15) is 4.98 Å². The lowest BCUT2D eigenvalue weighted by Gasteiger charge is -2.40. The van der Waals surface area contributed by atoms with Gasteiger partial charge < -0.3 is 30.5 Å². The maximum Gasteiger partial charge on any atom is 0.257 e. The van der Waals surface area contributed by atoms with Crippen LogP contribution in [-0.2, 0) is 0 Å². The molecule has 3 N–H and O–H groups in total. The van der Waals surface area contributed by atoms with E-state index in [9.17, 15) is 9.59 Å². The molecule has 40 heavy (non-hydrogen) atoms. The lowest BCUT2D eigenvalue weighted by molar-refractivity contribution is 0.0601. The van der Waals surface area contributed by atoms with Crippen LogP contribution in [0.5, 0.6) is 5.75 Å². The van der Waals surface area contributed by atoms with Crippen molar-refractivity contribution in [2.75, 3.05) is 69.0 Å². The van der Waals surface area contributed by atoms with Crippen LogP contribution in [0.1, 0.15) is 33.6 Å². The Morgan fingerprint density at radius 2 is 1.85 bits per heavy atom. The van der Waals surface area contributed by atoms with Gasteiger partial charge in [-0.15, -0.1) is 0 Å². The van der Waals surface area contributed by atoms with Crippen LogP contribution in [-0.4, -0.2) is 91.0 Å². The molecule has 3 aliphatic rings. The van der Waals surface area contributed by atoms with Gasteiger partial charge in [-0.05, 0) is 43.2 Å². The maximum absolute atomic E-state index is 13.3. The van der Waals surface area contributed by atoms with Crippen molar-refractivity contribution in [3.05, 3.63) is 59.8 Å². The third-order valence-corrected chi connectivity index (χ3v) is 7.96. The SMILES string of the molecule is COc1cc(C(=O)N2CCC(N3CCNCC3)CC2)ccc1Nc1ncc2c(n1)N(C)c1ccccc1C(=O)N2. The number of rotatable bonds is 5. The highest BCUT2D eigenvalue weighted by molar-refractivity contribution is 6.11. The van der Waals surface area contributed by atoms with Gasteiger partial charge in [-0.25, -0.2) is 4.98 Å². The van der Waals surface area contributed by atoms with Gasteiger partial charge in [0, 0.05) is 57.9 Å². The molecule has 2 fully saturated rings. The molecule has 11 heteroatoms. The summed E-state index contributed by atoms with van der Waals surface area (Å²) in [5.74, 6) is 1.23. The number of piperidine rings is 1. The number of carbonyl (C=O) groups excluding carboxylic acids is 2. The fourth-order valence-corrected chi connectivity index (χ4v) is 5.75. The largest absolute Gasteiger partial charge is 0.495 e. The number of anilines is 5. The maximum atomic E-state index is 13.3. The molecule has 0 radical (unpaired) electrons. The zero-order valence-corrected chi connectivity index (χ0v) is 22.8. The van der Waals surface area contributed by atoms with E-state index in [2.05, 4.69) is 30.8 Å². The minimum Gasteiger partial charge on any atom is -0.495 e. The fraction of sp³-hybridized carbons (Fsp3) is 0.379. The highest BCUT2D eigenvalue weighted by Gasteiger charge is 2.29. The van der Waals surface area contributed by atoms with Crippen molar-refractivity contribution < 1.29 is 14.3 Å². The Labute approximate surface area is 233 Å². The minimum atomic E-state index is -0.208. The second-order valence-electron chi connectivity index (χ2n) is 10.3. The molecule has 0 bridgehead atoms. The van der Waals surface area contributed by atoms with Gasteiger partial charge in [0.15, 0.2) is 5.82 Å². The van der Waals surface area contributed by atoms with Gasteiger partial charge in [0.05, 0.1) is 30.2 Å². The van der Waals surface area contributed by atoms with Gasteiger partial charge in [0.1, 0.15) is 11.4 Å². The van der Waals surface area contributed by atoms with E-state index >= 15 is 0 Å². The summed E-state index contributed by atoms with van der Waals surface area (Å²) in [7, 11) is 3.44. The van der Waals surface area contributed by atoms with E-state index in [0.29, 0.717) is 46.1 Å². The fourth-order valence-electron chi connectivity index (χ4n) is 5.75. The second kappa shape index (κ2) is 11.1. The first kappa shape index (κ1) is 26.0. The number of methoxy groups -OCH3 is 1. The third-order valence-electron chi connectivity index (χ3n) is 7.96. The van der Waals surface area contributed by atoms with E-state index in [1.54, 1.807) is 25.4 Å². The summed E-state index contributed by atoms with van der Waals surface area (Å²) in [6.45, 7) is 5.75. The van der Waals surface area contributed by atoms with E-state index in [1.807, 2.05) is 47.2 Å². The first-order valence-electron chi connectivity index (χ1n) is 13.7. The lowest BCUT2D eigenvalue weighted by atomic mass is 10.0. The van der Waals surface area contributed by atoms with Crippen molar-refractivity contribution in [2.24, 2.45) is 0 Å². The number of amides is 2. The number of aromatic nitrogens is 2. The average Bonchev–Trinajstić information content (AvgIpc) is 3.11. The van der Waals surface area contributed by atoms with Gasteiger partial charge >= 0.3 is 0 Å². The molecular weight excluding hydrogens is 508 g/mol. The summed E-state index contributed by atoms with van der Waals surface area (Å²) in [6.07, 6.45) is 3.58. The van der Waals surface area contributed by atoms with Crippen LogP contribution in [0.15, 0.2) is 48.7 Å². The molecule has 0 spiro atoms. The number of carbonyl (C=O) groups is 2. The van der Waals surface area contributed by atoms with Gasteiger partial charge in [-0.1, -0.05) is 12.1 Å². The van der Waals surface area contributed by atoms with E-state index < -0.39 is 0 Å². The van der Waals surface area contributed by atoms with E-state index in [-0.39, 0.29) is 11.8 Å². The van der Waals surface area contributed by atoms with Crippen molar-refractivity contribution >= 4 is 40.6 Å². The van der Waals surface area contributed by atoms with Crippen LogP contribution >= 0.6 is 0 Å². The van der Waals surface area contributed by atoms with Crippen molar-refractivity contribution in [3.63, 3.8) is 0 Å². The van der Waals surface area contributed by atoms with Crippen molar-refractivity contribution in [2.45, 2.75) is 18.9 Å². The highest BCUT2D eigenvalue weighted by atomic mass is 16.5. The predicted molar refractivity (Wildman–Crippen MR) is 154 cm³/mol. The van der Waals surface area contributed by atoms with E-state index in [4.69, 9.17) is 4.74 Å². The summed E-state index contributed by atoms with van der Waals surface area (Å²) in [5, 5.41) is 9.51. The molecule has 0 atom stereocenters. The number of nitrogens with zero attached hydrogens (tertiary/aromatic N) is 5. The predicted octanol–water partition coefficient (Wildman–Crippen LogP) is 3.07. The molecule has 0 saturated carbocycles. The summed E-state index contributed by atoms with van der Waals surface area (Å²) >= 11 is 0. The number of hydrogen-bond acceptors (Lipinski definition) is 9. The normalized spacial score (nSPS) is 17.9. The number of benzene rings is 2. The summed E-state index contributed by atoms with van der Waals surface area (Å²) < 4.78 is 5.64. The van der Waals surface area contributed by atoms with Crippen LogP contribution in [0.2, 0.25) is 0 Å². The zero-order valence-electron chi connectivity index (χ0n) is 22.8. The molecule has 1 aromatic heterocycles. The molecular formula is C29H34N8O3. The van der Waals surface area contributed by atoms with Crippen molar-refractivity contribution in [1.82, 2.24) is 25.1 Å². The number of ether oxygens (including phenoxy) is 1. The molecule has 208 valence electrons. The van der Waals surface area contributed by atoms with Crippen LogP contribution in [0, 0.1) is 0 Å². The molecule has 2 amide bonds.